The minimum absolute atomic E-state index is 0.0385. The van der Waals surface area contributed by atoms with Crippen molar-refractivity contribution in [3.05, 3.63) is 77.9 Å². The molecule has 1 aliphatic rings. The Balaban J connectivity index is 1.57. The van der Waals surface area contributed by atoms with E-state index in [4.69, 9.17) is 9.47 Å². The number of epoxide rings is 1. The summed E-state index contributed by atoms with van der Waals surface area (Å²) in [5.74, 6) is 0. The first kappa shape index (κ1) is 13.1. The standard InChI is InChI=1S/C18H18O2/c1-3-8-15(9-4-1)10-7-13-19-18(17-14-20-17)16-11-5-2-6-12-16/h1-12,17-18H,13-14H2/b10-7+. The quantitative estimate of drug-likeness (QED) is 0.741. The van der Waals surface area contributed by atoms with Crippen molar-refractivity contribution >= 4 is 6.08 Å². The summed E-state index contributed by atoms with van der Waals surface area (Å²) >= 11 is 0. The second-order valence-corrected chi connectivity index (χ2v) is 4.85. The van der Waals surface area contributed by atoms with Gasteiger partial charge in [-0.15, -0.1) is 0 Å². The molecule has 2 atom stereocenters. The number of ether oxygens (including phenoxy) is 2. The van der Waals surface area contributed by atoms with Gasteiger partial charge in [0, 0.05) is 0 Å². The summed E-state index contributed by atoms with van der Waals surface area (Å²) in [7, 11) is 0. The Bertz CT molecular complexity index is 544. The highest BCUT2D eigenvalue weighted by molar-refractivity contribution is 5.48. The van der Waals surface area contributed by atoms with E-state index in [1.165, 1.54) is 11.1 Å². The maximum absolute atomic E-state index is 5.96. The van der Waals surface area contributed by atoms with Crippen molar-refractivity contribution in [1.82, 2.24) is 0 Å². The van der Waals surface area contributed by atoms with Crippen LogP contribution in [0.15, 0.2) is 66.7 Å². The van der Waals surface area contributed by atoms with Crippen LogP contribution in [0.25, 0.3) is 6.08 Å². The molecule has 0 amide bonds. The second-order valence-electron chi connectivity index (χ2n) is 4.85. The van der Waals surface area contributed by atoms with Crippen LogP contribution in [0.2, 0.25) is 0 Å². The molecule has 0 bridgehead atoms. The van der Waals surface area contributed by atoms with E-state index in [2.05, 4.69) is 30.3 Å². The van der Waals surface area contributed by atoms with Crippen LogP contribution >= 0.6 is 0 Å². The van der Waals surface area contributed by atoms with Crippen LogP contribution in [0, 0.1) is 0 Å². The SMILES string of the molecule is C(=C\c1ccccc1)/COC(c1ccccc1)C1CO1. The Morgan fingerprint density at radius 1 is 1.05 bits per heavy atom. The van der Waals surface area contributed by atoms with E-state index in [1.54, 1.807) is 0 Å². The van der Waals surface area contributed by atoms with Gasteiger partial charge < -0.3 is 9.47 Å². The zero-order chi connectivity index (χ0) is 13.6. The van der Waals surface area contributed by atoms with Gasteiger partial charge >= 0.3 is 0 Å². The molecule has 2 unspecified atom stereocenters. The first-order valence-electron chi connectivity index (χ1n) is 6.93. The summed E-state index contributed by atoms with van der Waals surface area (Å²) in [6.45, 7) is 1.39. The maximum atomic E-state index is 5.96. The van der Waals surface area contributed by atoms with Crippen molar-refractivity contribution in [3.8, 4) is 0 Å². The average molecular weight is 266 g/mol. The molecule has 0 aliphatic carbocycles. The Morgan fingerprint density at radius 3 is 2.35 bits per heavy atom. The Hall–Kier alpha value is -1.90. The Kier molecular flexibility index (Phi) is 4.26. The first-order chi connectivity index (χ1) is 9.93. The molecule has 1 heterocycles. The van der Waals surface area contributed by atoms with Crippen LogP contribution in [0.4, 0.5) is 0 Å². The number of benzene rings is 2. The van der Waals surface area contributed by atoms with E-state index >= 15 is 0 Å². The zero-order valence-electron chi connectivity index (χ0n) is 11.3. The summed E-state index contributed by atoms with van der Waals surface area (Å²) < 4.78 is 11.4. The van der Waals surface area contributed by atoms with Crippen molar-refractivity contribution in [2.45, 2.75) is 12.2 Å². The normalized spacial score (nSPS) is 19.1. The van der Waals surface area contributed by atoms with E-state index in [1.807, 2.05) is 42.5 Å². The highest BCUT2D eigenvalue weighted by Crippen LogP contribution is 2.30. The highest BCUT2D eigenvalue weighted by atomic mass is 16.6. The van der Waals surface area contributed by atoms with Crippen molar-refractivity contribution in [2.24, 2.45) is 0 Å². The molecular weight excluding hydrogens is 248 g/mol. The molecule has 2 heteroatoms. The molecule has 20 heavy (non-hydrogen) atoms. The number of rotatable bonds is 6. The summed E-state index contributed by atoms with van der Waals surface area (Å²) in [6.07, 6.45) is 4.38. The van der Waals surface area contributed by atoms with Crippen molar-refractivity contribution in [3.63, 3.8) is 0 Å². The topological polar surface area (TPSA) is 21.8 Å². The maximum Gasteiger partial charge on any atom is 0.111 e. The number of hydrogen-bond acceptors (Lipinski definition) is 2. The van der Waals surface area contributed by atoms with Gasteiger partial charge in [0.25, 0.3) is 0 Å². The van der Waals surface area contributed by atoms with Gasteiger partial charge in [0.15, 0.2) is 0 Å². The van der Waals surface area contributed by atoms with Crippen molar-refractivity contribution < 1.29 is 9.47 Å². The van der Waals surface area contributed by atoms with Gasteiger partial charge in [-0.25, -0.2) is 0 Å². The van der Waals surface area contributed by atoms with Crippen LogP contribution in [0.5, 0.6) is 0 Å². The molecule has 0 spiro atoms. The average Bonchev–Trinajstić information content (AvgIpc) is 3.34. The molecule has 2 aromatic carbocycles. The summed E-state index contributed by atoms with van der Waals surface area (Å²) in [5.41, 5.74) is 2.37. The van der Waals surface area contributed by atoms with Gasteiger partial charge in [-0.1, -0.05) is 72.8 Å². The third-order valence-corrected chi connectivity index (χ3v) is 3.31. The molecular formula is C18H18O2. The Labute approximate surface area is 119 Å². The van der Waals surface area contributed by atoms with Gasteiger partial charge in [0.05, 0.1) is 13.2 Å². The minimum atomic E-state index is 0.0385. The van der Waals surface area contributed by atoms with Gasteiger partial charge in [0.2, 0.25) is 0 Å². The van der Waals surface area contributed by atoms with E-state index in [9.17, 15) is 0 Å². The fourth-order valence-corrected chi connectivity index (χ4v) is 2.20. The largest absolute Gasteiger partial charge is 0.370 e. The van der Waals surface area contributed by atoms with Crippen molar-refractivity contribution in [2.75, 3.05) is 13.2 Å². The molecule has 0 N–H and O–H groups in total. The predicted molar refractivity (Wildman–Crippen MR) is 80.4 cm³/mol. The third-order valence-electron chi connectivity index (χ3n) is 3.31. The van der Waals surface area contributed by atoms with Crippen LogP contribution in [-0.4, -0.2) is 19.3 Å². The molecule has 0 aromatic heterocycles. The zero-order valence-corrected chi connectivity index (χ0v) is 11.3. The molecule has 3 rings (SSSR count). The molecule has 0 radical (unpaired) electrons. The lowest BCUT2D eigenvalue weighted by atomic mass is 10.1. The van der Waals surface area contributed by atoms with Gasteiger partial charge in [-0.2, -0.15) is 0 Å². The monoisotopic (exact) mass is 266 g/mol. The van der Waals surface area contributed by atoms with Gasteiger partial charge in [-0.05, 0) is 11.1 Å². The van der Waals surface area contributed by atoms with Crippen molar-refractivity contribution in [1.29, 1.82) is 0 Å². The van der Waals surface area contributed by atoms with Gasteiger partial charge in [0.1, 0.15) is 12.2 Å². The summed E-state index contributed by atoms with van der Waals surface area (Å²) in [6, 6.07) is 20.5. The van der Waals surface area contributed by atoms with Crippen LogP contribution < -0.4 is 0 Å². The third kappa shape index (κ3) is 3.56. The number of hydrogen-bond donors (Lipinski definition) is 0. The fourth-order valence-electron chi connectivity index (χ4n) is 2.20. The first-order valence-corrected chi connectivity index (χ1v) is 6.93. The summed E-state index contributed by atoms with van der Waals surface area (Å²) in [4.78, 5) is 0. The molecule has 1 fully saturated rings. The van der Waals surface area contributed by atoms with Gasteiger partial charge in [-0.3, -0.25) is 0 Å². The molecule has 1 saturated heterocycles. The minimum Gasteiger partial charge on any atom is -0.370 e. The molecule has 2 nitrogen and oxygen atoms in total. The van der Waals surface area contributed by atoms with E-state index < -0.39 is 0 Å². The molecule has 1 aliphatic heterocycles. The van der Waals surface area contributed by atoms with E-state index in [0.29, 0.717) is 6.61 Å². The van der Waals surface area contributed by atoms with E-state index in [-0.39, 0.29) is 12.2 Å². The lowest BCUT2D eigenvalue weighted by Gasteiger charge is -2.14. The van der Waals surface area contributed by atoms with Crippen LogP contribution in [-0.2, 0) is 9.47 Å². The lowest BCUT2D eigenvalue weighted by molar-refractivity contribution is 0.0512. The Morgan fingerprint density at radius 2 is 1.70 bits per heavy atom. The molecule has 0 saturated carbocycles. The second kappa shape index (κ2) is 6.51. The fraction of sp³-hybridized carbons (Fsp3) is 0.222. The molecule has 102 valence electrons. The van der Waals surface area contributed by atoms with Crippen LogP contribution in [0.1, 0.15) is 17.2 Å². The van der Waals surface area contributed by atoms with Crippen LogP contribution in [0.3, 0.4) is 0 Å². The molecule has 2 aromatic rings. The lowest BCUT2D eigenvalue weighted by Crippen LogP contribution is -2.11. The highest BCUT2D eigenvalue weighted by Gasteiger charge is 2.34. The van der Waals surface area contributed by atoms with E-state index in [0.717, 1.165) is 6.61 Å². The summed E-state index contributed by atoms with van der Waals surface area (Å²) in [5, 5.41) is 0. The predicted octanol–water partition coefficient (Wildman–Crippen LogP) is 3.86. The smallest absolute Gasteiger partial charge is 0.111 e.